The zero-order valence-electron chi connectivity index (χ0n) is 10.6. The predicted octanol–water partition coefficient (Wildman–Crippen LogP) is 2.85. The van der Waals surface area contributed by atoms with Gasteiger partial charge in [0, 0.05) is 12.1 Å². The molecule has 2 fully saturated rings. The summed E-state index contributed by atoms with van der Waals surface area (Å²) in [5.74, 6) is 0.990. The van der Waals surface area contributed by atoms with Crippen LogP contribution in [0.2, 0.25) is 0 Å². The van der Waals surface area contributed by atoms with E-state index in [0.717, 1.165) is 24.8 Å². The summed E-state index contributed by atoms with van der Waals surface area (Å²) in [5.41, 5.74) is 0. The molecule has 2 aliphatic rings. The standard InChI is InChI=1S/C14H27NO/c1-2-4-11-5-3-6-12(8-7-11)15-13-9-14(16)10-13/h11-16H,2-10H2,1H3. The van der Waals surface area contributed by atoms with E-state index >= 15 is 0 Å². The van der Waals surface area contributed by atoms with E-state index in [1.54, 1.807) is 0 Å². The molecule has 0 bridgehead atoms. The van der Waals surface area contributed by atoms with Gasteiger partial charge in [-0.1, -0.05) is 32.6 Å². The summed E-state index contributed by atoms with van der Waals surface area (Å²) in [7, 11) is 0. The van der Waals surface area contributed by atoms with E-state index in [9.17, 15) is 5.11 Å². The Hall–Kier alpha value is -0.0800. The molecular weight excluding hydrogens is 198 g/mol. The Balaban J connectivity index is 1.67. The van der Waals surface area contributed by atoms with Gasteiger partial charge in [0.15, 0.2) is 0 Å². The van der Waals surface area contributed by atoms with Crippen LogP contribution >= 0.6 is 0 Å². The molecule has 16 heavy (non-hydrogen) atoms. The SMILES string of the molecule is CCCC1CCCC(NC2CC(O)C2)CC1. The summed E-state index contributed by atoms with van der Waals surface area (Å²) in [6, 6.07) is 1.35. The lowest BCUT2D eigenvalue weighted by molar-refractivity contribution is 0.0567. The highest BCUT2D eigenvalue weighted by molar-refractivity contribution is 4.88. The van der Waals surface area contributed by atoms with Crippen molar-refractivity contribution in [1.82, 2.24) is 5.32 Å². The number of hydrogen-bond donors (Lipinski definition) is 2. The van der Waals surface area contributed by atoms with Gasteiger partial charge in [-0.25, -0.2) is 0 Å². The first-order valence-electron chi connectivity index (χ1n) is 7.22. The molecule has 2 atom stereocenters. The fourth-order valence-corrected chi connectivity index (χ4v) is 3.30. The van der Waals surface area contributed by atoms with Crippen LogP contribution in [0.3, 0.4) is 0 Å². The third kappa shape index (κ3) is 3.46. The molecule has 2 rings (SSSR count). The van der Waals surface area contributed by atoms with Gasteiger partial charge in [-0.15, -0.1) is 0 Å². The van der Waals surface area contributed by atoms with Gasteiger partial charge in [-0.2, -0.15) is 0 Å². The van der Waals surface area contributed by atoms with Gasteiger partial charge >= 0.3 is 0 Å². The number of rotatable bonds is 4. The molecule has 2 unspecified atom stereocenters. The van der Waals surface area contributed by atoms with E-state index in [2.05, 4.69) is 12.2 Å². The first-order valence-corrected chi connectivity index (χ1v) is 7.22. The minimum atomic E-state index is -0.0175. The highest BCUT2D eigenvalue weighted by Gasteiger charge is 2.29. The zero-order valence-corrected chi connectivity index (χ0v) is 10.6. The normalized spacial score (nSPS) is 40.1. The molecule has 2 N–H and O–H groups in total. The maximum atomic E-state index is 9.28. The second-order valence-corrected chi connectivity index (χ2v) is 5.85. The molecule has 0 aromatic carbocycles. The average Bonchev–Trinajstić information content (AvgIpc) is 2.43. The van der Waals surface area contributed by atoms with Gasteiger partial charge in [-0.3, -0.25) is 0 Å². The van der Waals surface area contributed by atoms with Crippen LogP contribution in [0.15, 0.2) is 0 Å². The Bertz CT molecular complexity index is 201. The van der Waals surface area contributed by atoms with Crippen molar-refractivity contribution in [3.63, 3.8) is 0 Å². The van der Waals surface area contributed by atoms with Crippen LogP contribution in [0.5, 0.6) is 0 Å². The van der Waals surface area contributed by atoms with E-state index in [1.807, 2.05) is 0 Å². The molecule has 0 aromatic rings. The first kappa shape index (κ1) is 12.4. The molecule has 2 nitrogen and oxygen atoms in total. The Morgan fingerprint density at radius 1 is 1.06 bits per heavy atom. The van der Waals surface area contributed by atoms with Gasteiger partial charge in [0.1, 0.15) is 0 Å². The van der Waals surface area contributed by atoms with Crippen molar-refractivity contribution in [3.05, 3.63) is 0 Å². The lowest BCUT2D eigenvalue weighted by Crippen LogP contribution is -2.48. The summed E-state index contributed by atoms with van der Waals surface area (Å²) in [5, 5.41) is 13.0. The van der Waals surface area contributed by atoms with Gasteiger partial charge < -0.3 is 10.4 Å². The highest BCUT2D eigenvalue weighted by Crippen LogP contribution is 2.28. The van der Waals surface area contributed by atoms with Gasteiger partial charge in [0.2, 0.25) is 0 Å². The Kier molecular flexibility index (Phi) is 4.66. The number of aliphatic hydroxyl groups is 1. The molecule has 0 spiro atoms. The molecule has 0 heterocycles. The largest absolute Gasteiger partial charge is 0.393 e. The summed E-state index contributed by atoms with van der Waals surface area (Å²) in [6.07, 6.45) is 11.7. The van der Waals surface area contributed by atoms with Crippen molar-refractivity contribution in [2.24, 2.45) is 5.92 Å². The minimum absolute atomic E-state index is 0.0175. The molecule has 2 saturated carbocycles. The lowest BCUT2D eigenvalue weighted by Gasteiger charge is -2.35. The van der Waals surface area contributed by atoms with Crippen LogP contribution in [-0.4, -0.2) is 23.3 Å². The minimum Gasteiger partial charge on any atom is -0.393 e. The Morgan fingerprint density at radius 2 is 1.88 bits per heavy atom. The molecule has 0 saturated heterocycles. The van der Waals surface area contributed by atoms with Crippen LogP contribution in [0.25, 0.3) is 0 Å². The summed E-state index contributed by atoms with van der Waals surface area (Å²) < 4.78 is 0. The van der Waals surface area contributed by atoms with Crippen molar-refractivity contribution in [2.45, 2.75) is 82.9 Å². The van der Waals surface area contributed by atoms with E-state index in [0.29, 0.717) is 6.04 Å². The van der Waals surface area contributed by atoms with Crippen molar-refractivity contribution < 1.29 is 5.11 Å². The monoisotopic (exact) mass is 225 g/mol. The average molecular weight is 225 g/mol. The molecule has 0 aromatic heterocycles. The number of nitrogens with one attached hydrogen (secondary N) is 1. The van der Waals surface area contributed by atoms with Crippen molar-refractivity contribution >= 4 is 0 Å². The molecule has 94 valence electrons. The Labute approximate surface area is 99.8 Å². The van der Waals surface area contributed by atoms with Crippen LogP contribution in [0.1, 0.15) is 64.7 Å². The first-order chi connectivity index (χ1) is 7.78. The van der Waals surface area contributed by atoms with E-state index in [1.165, 1.54) is 44.9 Å². The van der Waals surface area contributed by atoms with Gasteiger partial charge in [0.25, 0.3) is 0 Å². The molecule has 2 aliphatic carbocycles. The van der Waals surface area contributed by atoms with E-state index in [-0.39, 0.29) is 6.10 Å². The fraction of sp³-hybridized carbons (Fsp3) is 1.00. The smallest absolute Gasteiger partial charge is 0.0570 e. The van der Waals surface area contributed by atoms with Crippen LogP contribution in [0.4, 0.5) is 0 Å². The van der Waals surface area contributed by atoms with Crippen molar-refractivity contribution in [2.75, 3.05) is 0 Å². The third-order valence-electron chi connectivity index (χ3n) is 4.37. The maximum Gasteiger partial charge on any atom is 0.0570 e. The Morgan fingerprint density at radius 3 is 2.56 bits per heavy atom. The van der Waals surface area contributed by atoms with Gasteiger partial charge in [-0.05, 0) is 38.0 Å². The topological polar surface area (TPSA) is 32.3 Å². The summed E-state index contributed by atoms with van der Waals surface area (Å²) in [4.78, 5) is 0. The van der Waals surface area contributed by atoms with Crippen LogP contribution < -0.4 is 5.32 Å². The summed E-state index contributed by atoms with van der Waals surface area (Å²) >= 11 is 0. The number of hydrogen-bond acceptors (Lipinski definition) is 2. The second-order valence-electron chi connectivity index (χ2n) is 5.85. The van der Waals surface area contributed by atoms with Crippen LogP contribution in [-0.2, 0) is 0 Å². The highest BCUT2D eigenvalue weighted by atomic mass is 16.3. The predicted molar refractivity (Wildman–Crippen MR) is 67.4 cm³/mol. The molecule has 0 amide bonds. The molecule has 0 radical (unpaired) electrons. The fourth-order valence-electron chi connectivity index (χ4n) is 3.30. The third-order valence-corrected chi connectivity index (χ3v) is 4.37. The van der Waals surface area contributed by atoms with Crippen molar-refractivity contribution in [1.29, 1.82) is 0 Å². The van der Waals surface area contributed by atoms with Crippen molar-refractivity contribution in [3.8, 4) is 0 Å². The maximum absolute atomic E-state index is 9.28. The number of aliphatic hydroxyl groups excluding tert-OH is 1. The molecule has 2 heteroatoms. The van der Waals surface area contributed by atoms with Crippen LogP contribution in [0, 0.1) is 5.92 Å². The van der Waals surface area contributed by atoms with E-state index in [4.69, 9.17) is 0 Å². The lowest BCUT2D eigenvalue weighted by atomic mass is 9.88. The van der Waals surface area contributed by atoms with Gasteiger partial charge in [0.05, 0.1) is 6.10 Å². The summed E-state index contributed by atoms with van der Waals surface area (Å²) in [6.45, 7) is 2.30. The quantitative estimate of drug-likeness (QED) is 0.721. The molecular formula is C14H27NO. The second kappa shape index (κ2) is 6.02. The molecule has 0 aliphatic heterocycles. The zero-order chi connectivity index (χ0) is 11.4. The van der Waals surface area contributed by atoms with E-state index < -0.39 is 0 Å².